The average Bonchev–Trinajstić information content (AvgIpc) is 2.96. The number of hydrogen-bond donors (Lipinski definition) is 1. The lowest BCUT2D eigenvalue weighted by atomic mass is 9.87. The molecule has 0 spiro atoms. The second kappa shape index (κ2) is 8.18. The number of aryl methyl sites for hydroxylation is 1. The lowest BCUT2D eigenvalue weighted by molar-refractivity contribution is -0.385. The van der Waals surface area contributed by atoms with E-state index in [1.54, 1.807) is 12.1 Å². The summed E-state index contributed by atoms with van der Waals surface area (Å²) in [5.41, 5.74) is -0.175. The number of nitro benzene ring substituents is 1. The Hall–Kier alpha value is -3.55. The van der Waals surface area contributed by atoms with E-state index in [9.17, 15) is 24.8 Å². The summed E-state index contributed by atoms with van der Waals surface area (Å²) in [5.74, 6) is -1.39. The highest BCUT2D eigenvalue weighted by Gasteiger charge is 2.51. The quantitative estimate of drug-likeness (QED) is 0.337. The molecule has 4 rings (SSSR count). The van der Waals surface area contributed by atoms with Crippen LogP contribution in [-0.2, 0) is 16.9 Å². The Morgan fingerprint density at radius 1 is 1.12 bits per heavy atom. The zero-order valence-electron chi connectivity index (χ0n) is 17.1. The lowest BCUT2D eigenvalue weighted by Gasteiger charge is -2.23. The third-order valence-corrected chi connectivity index (χ3v) is 5.81. The van der Waals surface area contributed by atoms with Gasteiger partial charge in [0.2, 0.25) is 0 Å². The number of halogens is 1. The van der Waals surface area contributed by atoms with Crippen LogP contribution in [0.5, 0.6) is 0 Å². The van der Waals surface area contributed by atoms with Crippen LogP contribution in [0.4, 0.5) is 11.4 Å². The van der Waals surface area contributed by atoms with Gasteiger partial charge in [0, 0.05) is 16.7 Å². The van der Waals surface area contributed by atoms with Gasteiger partial charge in [-0.1, -0.05) is 53.6 Å². The van der Waals surface area contributed by atoms with Crippen molar-refractivity contribution >= 4 is 34.7 Å². The minimum Gasteiger partial charge on any atom is -0.375 e. The second-order valence-corrected chi connectivity index (χ2v) is 8.21. The number of ketones is 1. The number of anilines is 1. The third-order valence-electron chi connectivity index (χ3n) is 5.57. The van der Waals surface area contributed by atoms with Gasteiger partial charge in [-0.15, -0.1) is 0 Å². The molecular formula is C24H19ClN2O5. The van der Waals surface area contributed by atoms with Crippen molar-refractivity contribution in [2.75, 3.05) is 4.90 Å². The number of carbonyl (C=O) groups is 2. The van der Waals surface area contributed by atoms with Crippen LogP contribution in [0.1, 0.15) is 33.5 Å². The maximum atomic E-state index is 13.4. The smallest absolute Gasteiger partial charge is 0.280 e. The van der Waals surface area contributed by atoms with E-state index < -0.39 is 28.6 Å². The van der Waals surface area contributed by atoms with E-state index in [0.717, 1.165) is 11.1 Å². The monoisotopic (exact) mass is 450 g/mol. The van der Waals surface area contributed by atoms with Gasteiger partial charge in [0.1, 0.15) is 0 Å². The van der Waals surface area contributed by atoms with Gasteiger partial charge in [0.15, 0.2) is 11.4 Å². The maximum Gasteiger partial charge on any atom is 0.280 e. The van der Waals surface area contributed by atoms with Crippen LogP contribution in [0.15, 0.2) is 66.7 Å². The standard InChI is InChI=1S/C24H19ClN2O5/c1-15-6-8-16(9-7-15)14-26-21-11-10-17(25)12-19(21)24(30,23(26)29)13-22(28)18-4-2-3-5-20(18)27(31)32/h2-12,30H,13-14H2,1H3/t24-/m0/s1. The molecule has 1 atom stereocenters. The number of Topliss-reactive ketones (excluding diaryl/α,β-unsaturated/α-hetero) is 1. The Balaban J connectivity index is 1.73. The van der Waals surface area contributed by atoms with E-state index in [-0.39, 0.29) is 23.4 Å². The molecule has 8 heteroatoms. The molecule has 1 N–H and O–H groups in total. The molecule has 162 valence electrons. The van der Waals surface area contributed by atoms with Crippen LogP contribution in [0.2, 0.25) is 5.02 Å². The number of aliphatic hydroxyl groups is 1. The van der Waals surface area contributed by atoms with Crippen LogP contribution in [-0.4, -0.2) is 21.7 Å². The van der Waals surface area contributed by atoms with Crippen LogP contribution in [0.25, 0.3) is 0 Å². The third kappa shape index (κ3) is 3.77. The largest absolute Gasteiger partial charge is 0.375 e. The van der Waals surface area contributed by atoms with Gasteiger partial charge in [0.25, 0.3) is 11.6 Å². The molecule has 0 aliphatic carbocycles. The van der Waals surface area contributed by atoms with E-state index in [1.807, 2.05) is 31.2 Å². The topological polar surface area (TPSA) is 101 Å². The second-order valence-electron chi connectivity index (χ2n) is 7.77. The first-order chi connectivity index (χ1) is 15.2. The van der Waals surface area contributed by atoms with Crippen molar-refractivity contribution in [3.63, 3.8) is 0 Å². The Morgan fingerprint density at radius 3 is 2.50 bits per heavy atom. The average molecular weight is 451 g/mol. The van der Waals surface area contributed by atoms with Crippen molar-refractivity contribution in [1.29, 1.82) is 0 Å². The van der Waals surface area contributed by atoms with Gasteiger partial charge in [-0.3, -0.25) is 19.7 Å². The normalized spacial score (nSPS) is 17.3. The first-order valence-electron chi connectivity index (χ1n) is 9.87. The van der Waals surface area contributed by atoms with Gasteiger partial charge < -0.3 is 10.0 Å². The van der Waals surface area contributed by atoms with E-state index in [1.165, 1.54) is 35.2 Å². The zero-order chi connectivity index (χ0) is 23.0. The summed E-state index contributed by atoms with van der Waals surface area (Å²) < 4.78 is 0. The zero-order valence-corrected chi connectivity index (χ0v) is 17.9. The van der Waals surface area contributed by atoms with E-state index in [2.05, 4.69) is 0 Å². The maximum absolute atomic E-state index is 13.4. The molecule has 1 aliphatic rings. The lowest BCUT2D eigenvalue weighted by Crippen LogP contribution is -2.41. The van der Waals surface area contributed by atoms with Gasteiger partial charge in [0.05, 0.1) is 29.1 Å². The van der Waals surface area contributed by atoms with Crippen LogP contribution in [0, 0.1) is 17.0 Å². The van der Waals surface area contributed by atoms with Crippen LogP contribution in [0.3, 0.4) is 0 Å². The molecule has 0 radical (unpaired) electrons. The summed E-state index contributed by atoms with van der Waals surface area (Å²) in [6.45, 7) is 2.14. The molecule has 3 aromatic carbocycles. The van der Waals surface area contributed by atoms with Crippen molar-refractivity contribution in [3.05, 3.63) is 104 Å². The molecule has 0 saturated carbocycles. The van der Waals surface area contributed by atoms with Crippen molar-refractivity contribution in [3.8, 4) is 0 Å². The van der Waals surface area contributed by atoms with Gasteiger partial charge in [-0.25, -0.2) is 0 Å². The molecule has 1 amide bonds. The Morgan fingerprint density at radius 2 is 1.81 bits per heavy atom. The molecule has 0 aromatic heterocycles. The summed E-state index contributed by atoms with van der Waals surface area (Å²) in [5, 5.41) is 23.1. The fraction of sp³-hybridized carbons (Fsp3) is 0.167. The van der Waals surface area contributed by atoms with Crippen LogP contribution < -0.4 is 4.90 Å². The summed E-state index contributed by atoms with van der Waals surface area (Å²) in [6, 6.07) is 17.7. The fourth-order valence-corrected chi connectivity index (χ4v) is 4.09. The van der Waals surface area contributed by atoms with Gasteiger partial charge >= 0.3 is 0 Å². The predicted molar refractivity (Wildman–Crippen MR) is 120 cm³/mol. The number of amides is 1. The molecule has 32 heavy (non-hydrogen) atoms. The van der Waals surface area contributed by atoms with Gasteiger partial charge in [-0.05, 0) is 36.8 Å². The molecule has 1 heterocycles. The van der Waals surface area contributed by atoms with E-state index >= 15 is 0 Å². The van der Waals surface area contributed by atoms with E-state index in [0.29, 0.717) is 10.7 Å². The molecule has 0 saturated heterocycles. The first kappa shape index (κ1) is 21.7. The number of rotatable bonds is 6. The molecule has 1 aliphatic heterocycles. The summed E-state index contributed by atoms with van der Waals surface area (Å²) >= 11 is 6.13. The van der Waals surface area contributed by atoms with Gasteiger partial charge in [-0.2, -0.15) is 0 Å². The molecule has 0 bridgehead atoms. The summed E-state index contributed by atoms with van der Waals surface area (Å²) in [7, 11) is 0. The minimum absolute atomic E-state index is 0.167. The van der Waals surface area contributed by atoms with Crippen molar-refractivity contribution in [2.45, 2.75) is 25.5 Å². The van der Waals surface area contributed by atoms with E-state index in [4.69, 9.17) is 11.6 Å². The fourth-order valence-electron chi connectivity index (χ4n) is 3.92. The highest BCUT2D eigenvalue weighted by atomic mass is 35.5. The molecule has 0 unspecified atom stereocenters. The highest BCUT2D eigenvalue weighted by Crippen LogP contribution is 2.45. The highest BCUT2D eigenvalue weighted by molar-refractivity contribution is 6.31. The summed E-state index contributed by atoms with van der Waals surface area (Å²) in [4.78, 5) is 38.5. The Bertz CT molecular complexity index is 1240. The SMILES string of the molecule is Cc1ccc(CN2C(=O)[C@](O)(CC(=O)c3ccccc3[N+](=O)[O-])c3cc(Cl)ccc32)cc1. The number of fused-ring (bicyclic) bond motifs is 1. The molecule has 0 fully saturated rings. The molecule has 3 aromatic rings. The summed E-state index contributed by atoms with van der Waals surface area (Å²) in [6.07, 6.45) is -0.644. The number of hydrogen-bond acceptors (Lipinski definition) is 5. The number of para-hydroxylation sites is 1. The first-order valence-corrected chi connectivity index (χ1v) is 10.2. The molecular weight excluding hydrogens is 432 g/mol. The van der Waals surface area contributed by atoms with Crippen molar-refractivity contribution in [2.24, 2.45) is 0 Å². The Labute approximate surface area is 189 Å². The number of nitro groups is 1. The van der Waals surface area contributed by atoms with Crippen LogP contribution >= 0.6 is 11.6 Å². The predicted octanol–water partition coefficient (Wildman–Crippen LogP) is 4.56. The molecule has 7 nitrogen and oxygen atoms in total. The van der Waals surface area contributed by atoms with Crippen molar-refractivity contribution < 1.29 is 19.6 Å². The Kier molecular flexibility index (Phi) is 5.54. The number of benzene rings is 3. The minimum atomic E-state index is -2.19. The number of carbonyl (C=O) groups excluding carboxylic acids is 2. The number of nitrogens with zero attached hydrogens (tertiary/aromatic N) is 2. The van der Waals surface area contributed by atoms with Crippen molar-refractivity contribution in [1.82, 2.24) is 0 Å².